The smallest absolute Gasteiger partial charge is 0.270 e. The zero-order valence-corrected chi connectivity index (χ0v) is 16.5. The van der Waals surface area contributed by atoms with E-state index in [0.717, 1.165) is 23.9 Å². The first-order chi connectivity index (χ1) is 14.3. The van der Waals surface area contributed by atoms with Crippen LogP contribution < -0.4 is 4.90 Å². The first-order valence-electron chi connectivity index (χ1n) is 8.41. The van der Waals surface area contributed by atoms with Crippen molar-refractivity contribution in [2.75, 3.05) is 4.90 Å². The van der Waals surface area contributed by atoms with E-state index < -0.39 is 22.5 Å². The molecule has 1 aliphatic rings. The third-order valence-corrected chi connectivity index (χ3v) is 5.51. The Bertz CT molecular complexity index is 1220. The minimum atomic E-state index is -0.764. The third kappa shape index (κ3) is 3.74. The van der Waals surface area contributed by atoms with Crippen LogP contribution in [0.25, 0.3) is 17.4 Å². The molecule has 3 aromatic rings. The molecule has 2 aromatic carbocycles. The maximum atomic E-state index is 13.9. The van der Waals surface area contributed by atoms with Gasteiger partial charge < -0.3 is 4.42 Å². The maximum Gasteiger partial charge on any atom is 0.270 e. The van der Waals surface area contributed by atoms with Crippen molar-refractivity contribution in [3.63, 3.8) is 0 Å². The summed E-state index contributed by atoms with van der Waals surface area (Å²) in [6.45, 7) is 0. The zero-order chi connectivity index (χ0) is 21.4. The van der Waals surface area contributed by atoms with Crippen molar-refractivity contribution >= 4 is 51.7 Å². The number of rotatable bonds is 4. The minimum Gasteiger partial charge on any atom is -0.457 e. The predicted octanol–water partition coefficient (Wildman–Crippen LogP) is 5.54. The zero-order valence-electron chi connectivity index (χ0n) is 14.9. The summed E-state index contributed by atoms with van der Waals surface area (Å²) in [4.78, 5) is 24.6. The fourth-order valence-electron chi connectivity index (χ4n) is 2.81. The molecule has 0 N–H and O–H groups in total. The van der Waals surface area contributed by atoms with Gasteiger partial charge in [-0.15, -0.1) is 0 Å². The summed E-state index contributed by atoms with van der Waals surface area (Å²) in [6.07, 6.45) is 1.47. The molecule has 0 spiro atoms. The monoisotopic (exact) mass is 444 g/mol. The maximum absolute atomic E-state index is 13.9. The van der Waals surface area contributed by atoms with Gasteiger partial charge in [0.2, 0.25) is 0 Å². The number of thiocarbonyl (C=S) groups is 1. The molecule has 0 atom stereocenters. The topological polar surface area (TPSA) is 76.6 Å². The van der Waals surface area contributed by atoms with Crippen LogP contribution in [0.4, 0.5) is 20.2 Å². The van der Waals surface area contributed by atoms with E-state index in [4.69, 9.17) is 16.6 Å². The number of nitro benzene ring substituents is 1. The first-order valence-corrected chi connectivity index (χ1v) is 9.63. The van der Waals surface area contributed by atoms with Crippen LogP contribution in [0.3, 0.4) is 0 Å². The lowest BCUT2D eigenvalue weighted by Gasteiger charge is -2.13. The predicted molar refractivity (Wildman–Crippen MR) is 113 cm³/mol. The molecule has 1 amide bonds. The number of hydrogen-bond acceptors (Lipinski definition) is 6. The highest BCUT2D eigenvalue weighted by atomic mass is 32.2. The Balaban J connectivity index is 1.59. The summed E-state index contributed by atoms with van der Waals surface area (Å²) in [6, 6.07) is 11.7. The van der Waals surface area contributed by atoms with Gasteiger partial charge in [0.25, 0.3) is 11.6 Å². The molecule has 1 fully saturated rings. The lowest BCUT2D eigenvalue weighted by Crippen LogP contribution is -2.27. The Morgan fingerprint density at radius 2 is 1.83 bits per heavy atom. The van der Waals surface area contributed by atoms with Crippen molar-refractivity contribution in [1.82, 2.24) is 0 Å². The first kappa shape index (κ1) is 19.9. The number of carbonyl (C=O) groups excluding carboxylic acids is 1. The normalized spacial score (nSPS) is 15.3. The molecule has 150 valence electrons. The molecule has 1 aliphatic heterocycles. The number of benzene rings is 2. The number of nitrogens with zero attached hydrogens (tertiary/aromatic N) is 2. The van der Waals surface area contributed by atoms with Gasteiger partial charge in [0.1, 0.15) is 23.2 Å². The summed E-state index contributed by atoms with van der Waals surface area (Å²) in [5, 5.41) is 10.8. The third-order valence-electron chi connectivity index (χ3n) is 4.21. The number of halogens is 2. The van der Waals surface area contributed by atoms with Gasteiger partial charge in [-0.05, 0) is 36.4 Å². The summed E-state index contributed by atoms with van der Waals surface area (Å²) in [5.41, 5.74) is 0.394. The van der Waals surface area contributed by atoms with Crippen molar-refractivity contribution < 1.29 is 22.9 Å². The van der Waals surface area contributed by atoms with Crippen LogP contribution in [0.15, 0.2) is 63.9 Å². The molecule has 0 saturated carbocycles. The minimum absolute atomic E-state index is 0.0921. The van der Waals surface area contributed by atoms with Crippen LogP contribution in [-0.4, -0.2) is 15.2 Å². The quantitative estimate of drug-likeness (QED) is 0.228. The summed E-state index contributed by atoms with van der Waals surface area (Å²) in [7, 11) is 0. The molecule has 10 heteroatoms. The van der Waals surface area contributed by atoms with Crippen molar-refractivity contribution in [1.29, 1.82) is 0 Å². The van der Waals surface area contributed by atoms with Gasteiger partial charge in [-0.25, -0.2) is 8.78 Å². The van der Waals surface area contributed by atoms with Crippen LogP contribution in [0.5, 0.6) is 0 Å². The highest BCUT2D eigenvalue weighted by molar-refractivity contribution is 8.27. The number of anilines is 1. The Morgan fingerprint density at radius 3 is 2.50 bits per heavy atom. The van der Waals surface area contributed by atoms with Gasteiger partial charge in [0.05, 0.1) is 21.1 Å². The fourth-order valence-corrected chi connectivity index (χ4v) is 4.09. The summed E-state index contributed by atoms with van der Waals surface area (Å²) in [5.74, 6) is -1.40. The summed E-state index contributed by atoms with van der Waals surface area (Å²) >= 11 is 6.31. The van der Waals surface area contributed by atoms with Gasteiger partial charge >= 0.3 is 0 Å². The largest absolute Gasteiger partial charge is 0.457 e. The Labute approximate surface area is 177 Å². The number of amides is 1. The molecular weight excluding hydrogens is 434 g/mol. The van der Waals surface area contributed by atoms with Crippen molar-refractivity contribution in [2.45, 2.75) is 0 Å². The lowest BCUT2D eigenvalue weighted by molar-refractivity contribution is -0.384. The van der Waals surface area contributed by atoms with Crippen LogP contribution in [-0.2, 0) is 4.79 Å². The molecule has 1 aromatic heterocycles. The Hall–Kier alpha value is -3.37. The van der Waals surface area contributed by atoms with Crippen LogP contribution in [0.2, 0.25) is 0 Å². The lowest BCUT2D eigenvalue weighted by atomic mass is 10.1. The van der Waals surface area contributed by atoms with Gasteiger partial charge in [0.15, 0.2) is 4.32 Å². The number of hydrogen-bond donors (Lipinski definition) is 0. The summed E-state index contributed by atoms with van der Waals surface area (Å²) < 4.78 is 32.9. The second kappa shape index (κ2) is 7.81. The number of furan rings is 1. The molecule has 6 nitrogen and oxygen atoms in total. The standard InChI is InChI=1S/C20H10F2N2O4S2/c21-11-1-7-15(16(22)9-11)17-8-6-14(28-17)10-18-19(25)23(20(29)30-18)12-2-4-13(5-3-12)24(26)27/h1-10H/b18-10-. The van der Waals surface area contributed by atoms with E-state index in [2.05, 4.69) is 0 Å². The van der Waals surface area contributed by atoms with E-state index in [-0.39, 0.29) is 32.0 Å². The van der Waals surface area contributed by atoms with Gasteiger partial charge in [-0.2, -0.15) is 0 Å². The molecule has 0 aliphatic carbocycles. The van der Waals surface area contributed by atoms with Crippen LogP contribution in [0, 0.1) is 21.7 Å². The van der Waals surface area contributed by atoms with E-state index in [0.29, 0.717) is 5.69 Å². The molecular formula is C20H10F2N2O4S2. The van der Waals surface area contributed by atoms with Crippen molar-refractivity contribution in [2.24, 2.45) is 0 Å². The van der Waals surface area contributed by atoms with Crippen molar-refractivity contribution in [3.8, 4) is 11.3 Å². The number of non-ortho nitro benzene ring substituents is 1. The molecule has 4 rings (SSSR count). The van der Waals surface area contributed by atoms with Gasteiger partial charge in [0, 0.05) is 24.3 Å². The van der Waals surface area contributed by atoms with Gasteiger partial charge in [-0.1, -0.05) is 24.0 Å². The molecule has 30 heavy (non-hydrogen) atoms. The van der Waals surface area contributed by atoms with Crippen molar-refractivity contribution in [3.05, 3.63) is 87.0 Å². The fraction of sp³-hybridized carbons (Fsp3) is 0. The molecule has 0 unspecified atom stereocenters. The highest BCUT2D eigenvalue weighted by Crippen LogP contribution is 2.37. The second-order valence-electron chi connectivity index (χ2n) is 6.12. The number of thioether (sulfide) groups is 1. The molecule has 2 heterocycles. The Kier molecular flexibility index (Phi) is 5.18. The van der Waals surface area contributed by atoms with Gasteiger partial charge in [-0.3, -0.25) is 19.8 Å². The van der Waals surface area contributed by atoms with E-state index in [1.807, 2.05) is 0 Å². The molecule has 0 bridgehead atoms. The highest BCUT2D eigenvalue weighted by Gasteiger charge is 2.33. The number of nitro groups is 1. The average molecular weight is 444 g/mol. The van der Waals surface area contributed by atoms with E-state index >= 15 is 0 Å². The molecule has 1 saturated heterocycles. The van der Waals surface area contributed by atoms with Crippen LogP contribution in [0.1, 0.15) is 5.76 Å². The second-order valence-corrected chi connectivity index (χ2v) is 7.79. The van der Waals surface area contributed by atoms with Crippen LogP contribution >= 0.6 is 24.0 Å². The van der Waals surface area contributed by atoms with E-state index in [9.17, 15) is 23.7 Å². The SMILES string of the molecule is O=C1/C(=C/c2ccc(-c3ccc(F)cc3F)o2)SC(=S)N1c1ccc([N+](=O)[O-])cc1. The Morgan fingerprint density at radius 1 is 1.10 bits per heavy atom. The van der Waals surface area contributed by atoms with E-state index in [1.54, 1.807) is 6.07 Å². The average Bonchev–Trinajstić information content (AvgIpc) is 3.26. The number of carbonyl (C=O) groups is 1. The molecule has 0 radical (unpaired) electrons. The van der Waals surface area contributed by atoms with E-state index in [1.165, 1.54) is 47.4 Å².